The largest absolute Gasteiger partial charge is 0.508 e. The maximum absolute atomic E-state index is 11.0. The molecule has 3 aromatic rings. The van der Waals surface area contributed by atoms with Gasteiger partial charge in [0, 0.05) is 5.56 Å². The SMILES string of the molecule is Cc1c(O)cc(C(=O)O)cc1O.Cc1cc(C(=O)O)cc(OCc2ccccc2)c1C. The van der Waals surface area contributed by atoms with Gasteiger partial charge in [0.05, 0.1) is 11.1 Å². The highest BCUT2D eigenvalue weighted by Crippen LogP contribution is 2.27. The summed E-state index contributed by atoms with van der Waals surface area (Å²) in [5.41, 5.74) is 3.35. The van der Waals surface area contributed by atoms with Gasteiger partial charge in [0.2, 0.25) is 0 Å². The van der Waals surface area contributed by atoms with Crippen molar-refractivity contribution in [3.63, 3.8) is 0 Å². The molecule has 0 aromatic heterocycles. The van der Waals surface area contributed by atoms with E-state index >= 15 is 0 Å². The number of ether oxygens (including phenoxy) is 1. The zero-order valence-electron chi connectivity index (χ0n) is 17.4. The normalized spacial score (nSPS) is 10.0. The summed E-state index contributed by atoms with van der Waals surface area (Å²) in [4.78, 5) is 21.4. The quantitative estimate of drug-likeness (QED) is 0.468. The number of carboxylic acid groups (broad SMARTS) is 2. The topological polar surface area (TPSA) is 124 Å². The van der Waals surface area contributed by atoms with Crippen LogP contribution >= 0.6 is 0 Å². The summed E-state index contributed by atoms with van der Waals surface area (Å²) in [7, 11) is 0. The fourth-order valence-electron chi connectivity index (χ4n) is 2.64. The Hall–Kier alpha value is -4.00. The van der Waals surface area contributed by atoms with Crippen LogP contribution in [0.3, 0.4) is 0 Å². The summed E-state index contributed by atoms with van der Waals surface area (Å²) >= 11 is 0. The molecule has 31 heavy (non-hydrogen) atoms. The first-order valence-electron chi connectivity index (χ1n) is 9.37. The summed E-state index contributed by atoms with van der Waals surface area (Å²) < 4.78 is 5.73. The molecule has 3 aromatic carbocycles. The molecule has 7 nitrogen and oxygen atoms in total. The van der Waals surface area contributed by atoms with E-state index in [1.54, 1.807) is 12.1 Å². The number of hydrogen-bond acceptors (Lipinski definition) is 5. The van der Waals surface area contributed by atoms with Crippen LogP contribution in [-0.4, -0.2) is 32.4 Å². The van der Waals surface area contributed by atoms with Crippen LogP contribution < -0.4 is 4.74 Å². The van der Waals surface area contributed by atoms with Gasteiger partial charge in [0.15, 0.2) is 0 Å². The van der Waals surface area contributed by atoms with E-state index in [4.69, 9.17) is 25.2 Å². The van der Waals surface area contributed by atoms with Gasteiger partial charge < -0.3 is 25.2 Å². The first-order valence-corrected chi connectivity index (χ1v) is 9.37. The minimum absolute atomic E-state index is 0.129. The van der Waals surface area contributed by atoms with Crippen LogP contribution in [0.15, 0.2) is 54.6 Å². The molecule has 0 aliphatic carbocycles. The van der Waals surface area contributed by atoms with E-state index in [2.05, 4.69) is 0 Å². The Morgan fingerprint density at radius 1 is 0.774 bits per heavy atom. The van der Waals surface area contributed by atoms with Gasteiger partial charge in [-0.3, -0.25) is 0 Å². The molecule has 0 saturated heterocycles. The average molecular weight is 424 g/mol. The van der Waals surface area contributed by atoms with E-state index < -0.39 is 11.9 Å². The minimum Gasteiger partial charge on any atom is -0.508 e. The van der Waals surface area contributed by atoms with Gasteiger partial charge >= 0.3 is 11.9 Å². The summed E-state index contributed by atoms with van der Waals surface area (Å²) in [5, 5.41) is 35.8. The zero-order valence-corrected chi connectivity index (χ0v) is 17.4. The number of carboxylic acids is 2. The lowest BCUT2D eigenvalue weighted by atomic mass is 10.0. The maximum Gasteiger partial charge on any atom is 0.335 e. The van der Waals surface area contributed by atoms with Crippen molar-refractivity contribution in [2.45, 2.75) is 27.4 Å². The number of benzene rings is 3. The molecule has 0 aliphatic rings. The van der Waals surface area contributed by atoms with Crippen LogP contribution in [0.25, 0.3) is 0 Å². The Kier molecular flexibility index (Phi) is 7.63. The van der Waals surface area contributed by atoms with Gasteiger partial charge in [-0.25, -0.2) is 9.59 Å². The summed E-state index contributed by atoms with van der Waals surface area (Å²) in [6.07, 6.45) is 0. The Morgan fingerprint density at radius 2 is 1.29 bits per heavy atom. The highest BCUT2D eigenvalue weighted by molar-refractivity contribution is 5.89. The van der Waals surface area contributed by atoms with E-state index in [1.165, 1.54) is 6.92 Å². The van der Waals surface area contributed by atoms with Crippen LogP contribution in [0.5, 0.6) is 17.2 Å². The molecular weight excluding hydrogens is 400 g/mol. The van der Waals surface area contributed by atoms with Crippen LogP contribution in [0.1, 0.15) is 43.0 Å². The first kappa shape index (κ1) is 23.3. The highest BCUT2D eigenvalue weighted by atomic mass is 16.5. The lowest BCUT2D eigenvalue weighted by Crippen LogP contribution is -2.02. The van der Waals surface area contributed by atoms with Crippen LogP contribution in [0.2, 0.25) is 0 Å². The Morgan fingerprint density at radius 3 is 1.81 bits per heavy atom. The number of rotatable bonds is 5. The number of aryl methyl sites for hydroxylation is 1. The van der Waals surface area contributed by atoms with E-state index in [0.29, 0.717) is 12.4 Å². The predicted octanol–water partition coefficient (Wildman–Crippen LogP) is 4.69. The lowest BCUT2D eigenvalue weighted by molar-refractivity contribution is 0.0685. The standard InChI is InChI=1S/C16H16O3.C8H8O4/c1-11-8-14(16(17)18)9-15(12(11)2)19-10-13-6-4-3-5-7-13;1-4-6(9)2-5(8(11)12)3-7(4)10/h3-9H,10H2,1-2H3,(H,17,18);2-3,9-10H,1H3,(H,11,12). The van der Waals surface area contributed by atoms with Crippen molar-refractivity contribution in [1.82, 2.24) is 0 Å². The number of phenolic OH excluding ortho intramolecular Hbond substituents is 2. The van der Waals surface area contributed by atoms with E-state index in [9.17, 15) is 9.59 Å². The van der Waals surface area contributed by atoms with Crippen LogP contribution in [-0.2, 0) is 6.61 Å². The molecule has 4 N–H and O–H groups in total. The van der Waals surface area contributed by atoms with Gasteiger partial charge in [-0.05, 0) is 61.7 Å². The van der Waals surface area contributed by atoms with Crippen LogP contribution in [0, 0.1) is 20.8 Å². The molecule has 0 unspecified atom stereocenters. The molecule has 0 bridgehead atoms. The van der Waals surface area contributed by atoms with Gasteiger partial charge in [0.25, 0.3) is 0 Å². The van der Waals surface area contributed by atoms with Crippen molar-refractivity contribution in [3.05, 3.63) is 88.0 Å². The van der Waals surface area contributed by atoms with Crippen molar-refractivity contribution < 1.29 is 34.8 Å². The number of carbonyl (C=O) groups is 2. The number of aromatic carboxylic acids is 2. The molecule has 0 amide bonds. The summed E-state index contributed by atoms with van der Waals surface area (Å²) in [5.74, 6) is -1.92. The molecule has 3 rings (SSSR count). The molecular formula is C24H24O7. The summed E-state index contributed by atoms with van der Waals surface area (Å²) in [6.45, 7) is 5.75. The number of aromatic hydroxyl groups is 2. The fraction of sp³-hybridized carbons (Fsp3) is 0.167. The second kappa shape index (κ2) is 10.2. The number of phenols is 2. The Balaban J connectivity index is 0.000000245. The smallest absolute Gasteiger partial charge is 0.335 e. The molecule has 0 heterocycles. The van der Waals surface area contributed by atoms with Crippen molar-refractivity contribution in [3.8, 4) is 17.2 Å². The number of hydrogen-bond donors (Lipinski definition) is 4. The molecule has 0 radical (unpaired) electrons. The fourth-order valence-corrected chi connectivity index (χ4v) is 2.64. The molecule has 7 heteroatoms. The van der Waals surface area contributed by atoms with Crippen molar-refractivity contribution in [1.29, 1.82) is 0 Å². The monoisotopic (exact) mass is 424 g/mol. The van der Waals surface area contributed by atoms with Crippen LogP contribution in [0.4, 0.5) is 0 Å². The second-order valence-electron chi connectivity index (χ2n) is 6.94. The molecule has 0 spiro atoms. The Bertz CT molecular complexity index is 1070. The maximum atomic E-state index is 11.0. The van der Waals surface area contributed by atoms with E-state index in [0.717, 1.165) is 28.8 Å². The lowest BCUT2D eigenvalue weighted by Gasteiger charge is -2.12. The third kappa shape index (κ3) is 6.24. The Labute approximate surface area is 179 Å². The molecule has 0 aliphatic heterocycles. The van der Waals surface area contributed by atoms with Crippen molar-refractivity contribution >= 4 is 11.9 Å². The van der Waals surface area contributed by atoms with E-state index in [1.807, 2.05) is 44.2 Å². The zero-order chi connectivity index (χ0) is 23.1. The van der Waals surface area contributed by atoms with Gasteiger partial charge in [-0.1, -0.05) is 30.3 Å². The molecule has 0 fully saturated rings. The van der Waals surface area contributed by atoms with Gasteiger partial charge in [0.1, 0.15) is 23.9 Å². The average Bonchev–Trinajstić information content (AvgIpc) is 2.73. The van der Waals surface area contributed by atoms with Gasteiger partial charge in [-0.15, -0.1) is 0 Å². The highest BCUT2D eigenvalue weighted by Gasteiger charge is 2.11. The third-order valence-electron chi connectivity index (χ3n) is 4.70. The molecule has 162 valence electrons. The first-order chi connectivity index (χ1) is 14.6. The molecule has 0 saturated carbocycles. The summed E-state index contributed by atoms with van der Waals surface area (Å²) in [6, 6.07) is 15.2. The predicted molar refractivity (Wildman–Crippen MR) is 115 cm³/mol. The van der Waals surface area contributed by atoms with Crippen molar-refractivity contribution in [2.75, 3.05) is 0 Å². The molecule has 0 atom stereocenters. The second-order valence-corrected chi connectivity index (χ2v) is 6.94. The minimum atomic E-state index is -1.18. The third-order valence-corrected chi connectivity index (χ3v) is 4.70. The van der Waals surface area contributed by atoms with Crippen molar-refractivity contribution in [2.24, 2.45) is 0 Å². The van der Waals surface area contributed by atoms with E-state index in [-0.39, 0.29) is 28.2 Å². The van der Waals surface area contributed by atoms with Gasteiger partial charge in [-0.2, -0.15) is 0 Å².